The number of rotatable bonds is 3. The van der Waals surface area contributed by atoms with E-state index in [0.29, 0.717) is 18.4 Å². The molecule has 0 spiro atoms. The van der Waals surface area contributed by atoms with Crippen molar-refractivity contribution in [2.45, 2.75) is 26.3 Å². The van der Waals surface area contributed by atoms with Crippen LogP contribution in [0, 0.1) is 0 Å². The monoisotopic (exact) mass is 216 g/mol. The molecule has 1 aromatic carbocycles. The summed E-state index contributed by atoms with van der Waals surface area (Å²) in [6, 6.07) is 10.0. The molecule has 0 saturated heterocycles. The summed E-state index contributed by atoms with van der Waals surface area (Å²) < 4.78 is 5.64. The summed E-state index contributed by atoms with van der Waals surface area (Å²) in [7, 11) is 0. The van der Waals surface area contributed by atoms with Gasteiger partial charge in [-0.25, -0.2) is 4.98 Å². The van der Waals surface area contributed by atoms with E-state index in [0.717, 1.165) is 17.0 Å². The Kier molecular flexibility index (Phi) is 3.06. The molecule has 1 heterocycles. The van der Waals surface area contributed by atoms with Crippen molar-refractivity contribution in [1.82, 2.24) is 4.98 Å². The first-order valence-corrected chi connectivity index (χ1v) is 5.47. The van der Waals surface area contributed by atoms with E-state index in [1.807, 2.05) is 30.3 Å². The topological polar surface area (TPSA) is 52.0 Å². The van der Waals surface area contributed by atoms with E-state index in [4.69, 9.17) is 10.2 Å². The van der Waals surface area contributed by atoms with E-state index in [1.165, 1.54) is 0 Å². The van der Waals surface area contributed by atoms with Gasteiger partial charge in [-0.15, -0.1) is 0 Å². The lowest BCUT2D eigenvalue weighted by Gasteiger charge is -2.03. The summed E-state index contributed by atoms with van der Waals surface area (Å²) in [5.74, 6) is 1.82. The number of aromatic nitrogens is 1. The molecule has 2 rings (SSSR count). The second kappa shape index (κ2) is 4.49. The molecule has 1 aromatic heterocycles. The van der Waals surface area contributed by atoms with Crippen molar-refractivity contribution >= 4 is 0 Å². The lowest BCUT2D eigenvalue weighted by molar-refractivity contribution is 0.441. The smallest absolute Gasteiger partial charge is 0.208 e. The van der Waals surface area contributed by atoms with Crippen LogP contribution in [0.2, 0.25) is 0 Å². The Hall–Kier alpha value is -1.61. The number of hydrogen-bond acceptors (Lipinski definition) is 3. The minimum atomic E-state index is 0.308. The first-order valence-electron chi connectivity index (χ1n) is 5.47. The zero-order valence-corrected chi connectivity index (χ0v) is 9.60. The number of oxazole rings is 1. The number of hydrogen-bond donors (Lipinski definition) is 1. The lowest BCUT2D eigenvalue weighted by atomic mass is 10.0. The fourth-order valence-electron chi connectivity index (χ4n) is 1.66. The van der Waals surface area contributed by atoms with Crippen molar-refractivity contribution < 1.29 is 4.42 Å². The van der Waals surface area contributed by atoms with Gasteiger partial charge >= 0.3 is 0 Å². The van der Waals surface area contributed by atoms with Crippen LogP contribution < -0.4 is 5.73 Å². The van der Waals surface area contributed by atoms with E-state index in [1.54, 1.807) is 0 Å². The van der Waals surface area contributed by atoms with Gasteiger partial charge in [-0.2, -0.15) is 0 Å². The standard InChI is InChI=1S/C13H16N2O/c1-9(2)13-12(15-11(8-14)16-13)10-6-4-3-5-7-10/h3-7,9H,8,14H2,1-2H3. The Labute approximate surface area is 95.3 Å². The molecule has 0 bridgehead atoms. The molecule has 3 nitrogen and oxygen atoms in total. The van der Waals surface area contributed by atoms with Crippen LogP contribution in [0.3, 0.4) is 0 Å². The van der Waals surface area contributed by atoms with E-state index in [2.05, 4.69) is 18.8 Å². The molecule has 0 aliphatic heterocycles. The first-order chi connectivity index (χ1) is 7.72. The summed E-state index contributed by atoms with van der Waals surface area (Å²) in [6.45, 7) is 4.52. The van der Waals surface area contributed by atoms with Gasteiger partial charge in [-0.05, 0) is 0 Å². The second-order valence-electron chi connectivity index (χ2n) is 4.05. The fourth-order valence-corrected chi connectivity index (χ4v) is 1.66. The van der Waals surface area contributed by atoms with E-state index >= 15 is 0 Å². The highest BCUT2D eigenvalue weighted by Crippen LogP contribution is 2.29. The molecule has 0 aliphatic rings. The molecule has 0 fully saturated rings. The highest BCUT2D eigenvalue weighted by atomic mass is 16.4. The Morgan fingerprint density at radius 3 is 2.50 bits per heavy atom. The Morgan fingerprint density at radius 2 is 1.94 bits per heavy atom. The molecule has 3 heteroatoms. The first kappa shape index (κ1) is 10.9. The van der Waals surface area contributed by atoms with Gasteiger partial charge in [-0.3, -0.25) is 0 Å². The van der Waals surface area contributed by atoms with Crippen molar-refractivity contribution in [2.75, 3.05) is 0 Å². The minimum absolute atomic E-state index is 0.308. The van der Waals surface area contributed by atoms with Crippen LogP contribution in [0.15, 0.2) is 34.7 Å². The van der Waals surface area contributed by atoms with Crippen LogP contribution in [-0.4, -0.2) is 4.98 Å². The third-order valence-electron chi connectivity index (χ3n) is 2.44. The molecule has 2 N–H and O–H groups in total. The summed E-state index contributed by atoms with van der Waals surface area (Å²) in [5.41, 5.74) is 7.55. The van der Waals surface area contributed by atoms with Crippen LogP contribution >= 0.6 is 0 Å². The van der Waals surface area contributed by atoms with Crippen molar-refractivity contribution in [3.63, 3.8) is 0 Å². The van der Waals surface area contributed by atoms with Crippen molar-refractivity contribution in [1.29, 1.82) is 0 Å². The average molecular weight is 216 g/mol. The summed E-state index contributed by atoms with van der Waals surface area (Å²) in [6.07, 6.45) is 0. The van der Waals surface area contributed by atoms with Gasteiger partial charge in [0.15, 0.2) is 0 Å². The van der Waals surface area contributed by atoms with E-state index < -0.39 is 0 Å². The molecule has 2 aromatic rings. The minimum Gasteiger partial charge on any atom is -0.443 e. The second-order valence-corrected chi connectivity index (χ2v) is 4.05. The number of benzene rings is 1. The largest absolute Gasteiger partial charge is 0.443 e. The predicted octanol–water partition coefficient (Wildman–Crippen LogP) is 2.92. The predicted molar refractivity (Wildman–Crippen MR) is 63.9 cm³/mol. The molecule has 0 aliphatic carbocycles. The van der Waals surface area contributed by atoms with E-state index in [-0.39, 0.29) is 0 Å². The van der Waals surface area contributed by atoms with E-state index in [9.17, 15) is 0 Å². The van der Waals surface area contributed by atoms with Crippen LogP contribution in [0.1, 0.15) is 31.4 Å². The maximum atomic E-state index is 5.64. The third kappa shape index (κ3) is 1.99. The molecule has 0 unspecified atom stereocenters. The van der Waals surface area contributed by atoms with Crippen molar-refractivity contribution in [3.8, 4) is 11.3 Å². The Morgan fingerprint density at radius 1 is 1.25 bits per heavy atom. The molecule has 16 heavy (non-hydrogen) atoms. The molecular weight excluding hydrogens is 200 g/mol. The van der Waals surface area contributed by atoms with Crippen LogP contribution in [0.4, 0.5) is 0 Å². The zero-order chi connectivity index (χ0) is 11.5. The Bertz CT molecular complexity index is 460. The van der Waals surface area contributed by atoms with Gasteiger partial charge in [0, 0.05) is 11.5 Å². The maximum Gasteiger partial charge on any atom is 0.208 e. The number of nitrogens with zero attached hydrogens (tertiary/aromatic N) is 1. The Balaban J connectivity index is 2.51. The summed E-state index contributed by atoms with van der Waals surface area (Å²) >= 11 is 0. The zero-order valence-electron chi connectivity index (χ0n) is 9.60. The lowest BCUT2D eigenvalue weighted by Crippen LogP contribution is -1.95. The van der Waals surface area contributed by atoms with Crippen molar-refractivity contribution in [3.05, 3.63) is 42.0 Å². The van der Waals surface area contributed by atoms with Gasteiger partial charge in [0.25, 0.3) is 0 Å². The molecule has 84 valence electrons. The summed E-state index contributed by atoms with van der Waals surface area (Å²) in [4.78, 5) is 4.43. The van der Waals surface area contributed by atoms with Gasteiger partial charge < -0.3 is 10.2 Å². The quantitative estimate of drug-likeness (QED) is 0.858. The molecule has 0 atom stereocenters. The fraction of sp³-hybridized carbons (Fsp3) is 0.308. The van der Waals surface area contributed by atoms with Gasteiger partial charge in [0.2, 0.25) is 5.89 Å². The van der Waals surface area contributed by atoms with Gasteiger partial charge in [0.1, 0.15) is 11.5 Å². The molecule has 0 saturated carbocycles. The van der Waals surface area contributed by atoms with Crippen LogP contribution in [0.25, 0.3) is 11.3 Å². The highest BCUT2D eigenvalue weighted by Gasteiger charge is 2.16. The average Bonchev–Trinajstić information content (AvgIpc) is 2.74. The normalized spacial score (nSPS) is 11.0. The van der Waals surface area contributed by atoms with Gasteiger partial charge in [-0.1, -0.05) is 44.2 Å². The van der Waals surface area contributed by atoms with Crippen LogP contribution in [-0.2, 0) is 6.54 Å². The van der Waals surface area contributed by atoms with Crippen LogP contribution in [0.5, 0.6) is 0 Å². The molecule has 0 amide bonds. The summed E-state index contributed by atoms with van der Waals surface area (Å²) in [5, 5.41) is 0. The SMILES string of the molecule is CC(C)c1oc(CN)nc1-c1ccccc1. The molecular formula is C13H16N2O. The third-order valence-corrected chi connectivity index (χ3v) is 2.44. The van der Waals surface area contributed by atoms with Crippen molar-refractivity contribution in [2.24, 2.45) is 5.73 Å². The van der Waals surface area contributed by atoms with Gasteiger partial charge in [0.05, 0.1) is 6.54 Å². The maximum absolute atomic E-state index is 5.64. The number of nitrogens with two attached hydrogens (primary N) is 1. The highest BCUT2D eigenvalue weighted by molar-refractivity contribution is 5.61. The molecule has 0 radical (unpaired) electrons.